The van der Waals surface area contributed by atoms with Crippen LogP contribution in [-0.2, 0) is 18.4 Å². The second-order valence-electron chi connectivity index (χ2n) is 19.6. The summed E-state index contributed by atoms with van der Waals surface area (Å²) in [6, 6.07) is -0.868. The van der Waals surface area contributed by atoms with Gasteiger partial charge in [-0.15, -0.1) is 0 Å². The van der Waals surface area contributed by atoms with Gasteiger partial charge in [0, 0.05) is 6.42 Å². The highest BCUT2D eigenvalue weighted by Crippen LogP contribution is 2.43. The van der Waals surface area contributed by atoms with Gasteiger partial charge < -0.3 is 19.8 Å². The number of hydrogen-bond donors (Lipinski definition) is 3. The summed E-state index contributed by atoms with van der Waals surface area (Å²) in [5, 5.41) is 13.9. The second-order valence-corrected chi connectivity index (χ2v) is 21.0. The molecule has 0 bridgehead atoms. The molecule has 9 heteroatoms. The molecule has 0 aliphatic carbocycles. The number of nitrogens with zero attached hydrogens (tertiary/aromatic N) is 1. The van der Waals surface area contributed by atoms with E-state index in [4.69, 9.17) is 9.05 Å². The molecule has 0 radical (unpaired) electrons. The van der Waals surface area contributed by atoms with Gasteiger partial charge in [0.25, 0.3) is 0 Å². The zero-order valence-electron chi connectivity index (χ0n) is 43.2. The molecule has 0 aliphatic rings. The molecule has 0 saturated carbocycles. The number of nitrogens with one attached hydrogen (secondary N) is 1. The van der Waals surface area contributed by atoms with E-state index in [0.717, 1.165) is 51.4 Å². The van der Waals surface area contributed by atoms with Crippen LogP contribution in [0.1, 0.15) is 239 Å². The molecule has 0 aliphatic heterocycles. The average molecular weight is 934 g/mol. The molecule has 3 atom stereocenters. The van der Waals surface area contributed by atoms with Crippen LogP contribution in [0.4, 0.5) is 0 Å². The third-order valence-electron chi connectivity index (χ3n) is 12.0. The Kier molecular flexibility index (Phi) is 46.0. The quantitative estimate of drug-likeness (QED) is 0.0243. The summed E-state index contributed by atoms with van der Waals surface area (Å²) >= 11 is 0. The SMILES string of the molecule is CCCCCCC/C=C\C/C=C\C/C=C\CCCCCCCCCCCCC(=O)NC(COP(=O)(O)OCC[N+](C)(C)C)C(O)/C=C/CC/C=C/CCCCCCCCCCCCCC. The highest BCUT2D eigenvalue weighted by molar-refractivity contribution is 7.47. The Balaban J connectivity index is 4.30. The van der Waals surface area contributed by atoms with Crippen molar-refractivity contribution in [3.8, 4) is 0 Å². The lowest BCUT2D eigenvalue weighted by atomic mass is 10.0. The summed E-state index contributed by atoms with van der Waals surface area (Å²) in [5.74, 6) is -0.191. The van der Waals surface area contributed by atoms with E-state index < -0.39 is 20.0 Å². The van der Waals surface area contributed by atoms with Crippen LogP contribution in [0.3, 0.4) is 0 Å². The third-order valence-corrected chi connectivity index (χ3v) is 12.9. The van der Waals surface area contributed by atoms with Gasteiger partial charge in [-0.1, -0.05) is 222 Å². The van der Waals surface area contributed by atoms with Gasteiger partial charge in [0.1, 0.15) is 13.2 Å². The fourth-order valence-electron chi connectivity index (χ4n) is 7.65. The number of quaternary nitrogens is 1. The fourth-order valence-corrected chi connectivity index (χ4v) is 8.39. The van der Waals surface area contributed by atoms with Crippen molar-refractivity contribution in [1.82, 2.24) is 5.32 Å². The molecule has 0 aromatic rings. The molecule has 3 unspecified atom stereocenters. The largest absolute Gasteiger partial charge is 0.472 e. The molecule has 0 aromatic carbocycles. The van der Waals surface area contributed by atoms with Crippen molar-refractivity contribution in [2.24, 2.45) is 0 Å². The Morgan fingerprint density at radius 1 is 0.523 bits per heavy atom. The summed E-state index contributed by atoms with van der Waals surface area (Å²) in [4.78, 5) is 23.3. The number of hydrogen-bond acceptors (Lipinski definition) is 5. The van der Waals surface area contributed by atoms with Crippen LogP contribution in [0.25, 0.3) is 0 Å². The molecule has 380 valence electrons. The number of aliphatic hydroxyl groups is 1. The van der Waals surface area contributed by atoms with Crippen LogP contribution in [0, 0.1) is 0 Å². The van der Waals surface area contributed by atoms with Gasteiger partial charge in [-0.2, -0.15) is 0 Å². The minimum Gasteiger partial charge on any atom is -0.387 e. The third kappa shape index (κ3) is 49.9. The van der Waals surface area contributed by atoms with Crippen molar-refractivity contribution in [3.05, 3.63) is 60.8 Å². The highest BCUT2D eigenvalue weighted by Gasteiger charge is 2.27. The van der Waals surface area contributed by atoms with Gasteiger partial charge in [0.15, 0.2) is 0 Å². The smallest absolute Gasteiger partial charge is 0.387 e. The molecule has 1 amide bonds. The molecule has 65 heavy (non-hydrogen) atoms. The molecule has 0 spiro atoms. The number of rotatable bonds is 49. The van der Waals surface area contributed by atoms with E-state index in [1.165, 1.54) is 167 Å². The lowest BCUT2D eigenvalue weighted by molar-refractivity contribution is -0.870. The minimum absolute atomic E-state index is 0.0535. The van der Waals surface area contributed by atoms with E-state index >= 15 is 0 Å². The molecule has 0 heterocycles. The molecular weight excluding hydrogens is 828 g/mol. The predicted molar refractivity (Wildman–Crippen MR) is 281 cm³/mol. The zero-order valence-corrected chi connectivity index (χ0v) is 44.1. The number of likely N-dealkylation sites (N-methyl/N-ethyl adjacent to an activating group) is 1. The van der Waals surface area contributed by atoms with Gasteiger partial charge in [0.2, 0.25) is 5.91 Å². The first kappa shape index (κ1) is 63.2. The molecule has 0 fully saturated rings. The maximum Gasteiger partial charge on any atom is 0.472 e. The topological polar surface area (TPSA) is 105 Å². The summed E-state index contributed by atoms with van der Waals surface area (Å²) in [6.45, 7) is 4.79. The van der Waals surface area contributed by atoms with Crippen LogP contribution >= 0.6 is 7.82 Å². The lowest BCUT2D eigenvalue weighted by Gasteiger charge is -2.25. The Morgan fingerprint density at radius 2 is 0.892 bits per heavy atom. The van der Waals surface area contributed by atoms with Gasteiger partial charge in [-0.05, 0) is 70.6 Å². The normalized spacial score (nSPS) is 14.5. The Hall–Kier alpha value is -1.80. The number of phosphoric ester groups is 1. The standard InChI is InChI=1S/C56H105N2O6P/c1-6-8-10-12-14-16-18-20-22-24-26-27-28-29-30-31-32-34-36-38-40-42-44-46-48-50-56(60)57-54(53-64-65(61,62)63-52-51-58(3,4)5)55(59)49-47-45-43-41-39-37-35-33-25-23-21-19-17-15-13-11-9-7-2/h18,20,24,26,28-29,39,41,47,49,54-55,59H,6-17,19,21-23,25,27,30-38,40,42-46,48,50-53H2,1-5H3,(H-,57,60,61,62)/p+1/b20-18-,26-24-,29-28-,41-39+,49-47+. The van der Waals surface area contributed by atoms with E-state index in [0.29, 0.717) is 17.4 Å². The maximum atomic E-state index is 13.0. The van der Waals surface area contributed by atoms with Gasteiger partial charge in [-0.25, -0.2) is 4.57 Å². The molecule has 0 rings (SSSR count). The Morgan fingerprint density at radius 3 is 1.34 bits per heavy atom. The summed E-state index contributed by atoms with van der Waals surface area (Å²) in [5.41, 5.74) is 0. The van der Waals surface area contributed by atoms with Gasteiger partial charge in [-0.3, -0.25) is 13.8 Å². The second kappa shape index (κ2) is 47.3. The van der Waals surface area contributed by atoms with Crippen molar-refractivity contribution in [2.45, 2.75) is 251 Å². The Bertz CT molecular complexity index is 1240. The van der Waals surface area contributed by atoms with Crippen molar-refractivity contribution in [2.75, 3.05) is 40.9 Å². The number of unbranched alkanes of at least 4 members (excludes halogenated alkanes) is 28. The van der Waals surface area contributed by atoms with Crippen molar-refractivity contribution >= 4 is 13.7 Å². The maximum absolute atomic E-state index is 13.0. The van der Waals surface area contributed by atoms with Crippen LogP contribution in [0.15, 0.2) is 60.8 Å². The van der Waals surface area contributed by atoms with E-state index in [-0.39, 0.29) is 19.1 Å². The average Bonchev–Trinajstić information content (AvgIpc) is 3.26. The van der Waals surface area contributed by atoms with E-state index in [9.17, 15) is 19.4 Å². The number of carbonyl (C=O) groups is 1. The summed E-state index contributed by atoms with van der Waals surface area (Å²) in [7, 11) is 1.55. The molecule has 3 N–H and O–H groups in total. The van der Waals surface area contributed by atoms with E-state index in [2.05, 4.69) is 67.8 Å². The number of allylic oxidation sites excluding steroid dienone is 9. The highest BCUT2D eigenvalue weighted by atomic mass is 31.2. The number of phosphoric acid groups is 1. The molecule has 0 aromatic heterocycles. The first-order chi connectivity index (χ1) is 31.5. The zero-order chi connectivity index (χ0) is 47.8. The monoisotopic (exact) mass is 934 g/mol. The van der Waals surface area contributed by atoms with Gasteiger partial charge >= 0.3 is 7.82 Å². The van der Waals surface area contributed by atoms with Crippen LogP contribution in [0.5, 0.6) is 0 Å². The van der Waals surface area contributed by atoms with Crippen LogP contribution in [0.2, 0.25) is 0 Å². The lowest BCUT2D eigenvalue weighted by Crippen LogP contribution is -2.45. The van der Waals surface area contributed by atoms with Gasteiger partial charge in [0.05, 0.1) is 39.9 Å². The predicted octanol–water partition coefficient (Wildman–Crippen LogP) is 16.1. The molecular formula is C56H106N2O6P+. The first-order valence-electron chi connectivity index (χ1n) is 27.2. The van der Waals surface area contributed by atoms with Crippen molar-refractivity contribution in [3.63, 3.8) is 0 Å². The summed E-state index contributed by atoms with van der Waals surface area (Å²) < 4.78 is 23.7. The van der Waals surface area contributed by atoms with Crippen molar-refractivity contribution < 1.29 is 32.9 Å². The number of amides is 1. The fraction of sp³-hybridized carbons (Fsp3) is 0.804. The van der Waals surface area contributed by atoms with Crippen molar-refractivity contribution in [1.29, 1.82) is 0 Å². The summed E-state index contributed by atoms with van der Waals surface area (Å²) in [6.07, 6.45) is 63.1. The van der Waals surface area contributed by atoms with Crippen LogP contribution < -0.4 is 5.32 Å². The molecule has 8 nitrogen and oxygen atoms in total. The first-order valence-corrected chi connectivity index (χ1v) is 28.7. The Labute approximate surface area is 402 Å². The van der Waals surface area contributed by atoms with E-state index in [1.807, 2.05) is 27.2 Å². The van der Waals surface area contributed by atoms with Crippen LogP contribution in [-0.4, -0.2) is 73.4 Å². The number of aliphatic hydroxyl groups excluding tert-OH is 1. The molecule has 0 saturated heterocycles. The minimum atomic E-state index is -4.36. The number of carbonyl (C=O) groups excluding carboxylic acids is 1. The van der Waals surface area contributed by atoms with E-state index in [1.54, 1.807) is 6.08 Å².